The molecule has 1 aromatic rings. The van der Waals surface area contributed by atoms with Gasteiger partial charge < -0.3 is 9.47 Å². The molecule has 2 rings (SSSR count). The molecule has 19 heavy (non-hydrogen) atoms. The van der Waals surface area contributed by atoms with Crippen LogP contribution in [0.5, 0.6) is 5.75 Å². The molecular weight excluding hydrogens is 244 g/mol. The number of carbonyl (C=O) groups excluding carboxylic acids is 2. The van der Waals surface area contributed by atoms with Gasteiger partial charge in [-0.05, 0) is 43.5 Å². The third-order valence-electron chi connectivity index (χ3n) is 2.69. The average Bonchev–Trinajstić information content (AvgIpc) is 3.21. The van der Waals surface area contributed by atoms with Crippen molar-refractivity contribution in [3.05, 3.63) is 35.9 Å². The second-order valence-corrected chi connectivity index (χ2v) is 4.35. The Labute approximate surface area is 112 Å². The number of hydrogen-bond acceptors (Lipinski definition) is 4. The number of ether oxygens (including phenoxy) is 2. The van der Waals surface area contributed by atoms with Gasteiger partial charge in [-0.25, -0.2) is 4.79 Å². The van der Waals surface area contributed by atoms with Crippen molar-refractivity contribution in [1.29, 1.82) is 0 Å². The van der Waals surface area contributed by atoms with Crippen LogP contribution in [0.1, 0.15) is 25.3 Å². The normalized spacial score (nSPS) is 14.4. The molecule has 0 radical (unpaired) electrons. The van der Waals surface area contributed by atoms with Gasteiger partial charge in [0.2, 0.25) is 0 Å². The van der Waals surface area contributed by atoms with E-state index in [2.05, 4.69) is 0 Å². The lowest BCUT2D eigenvalue weighted by atomic mass is 10.2. The van der Waals surface area contributed by atoms with Gasteiger partial charge in [0.05, 0.1) is 12.5 Å². The molecule has 1 aliphatic carbocycles. The maximum absolute atomic E-state index is 11.5. The van der Waals surface area contributed by atoms with Gasteiger partial charge in [0, 0.05) is 6.08 Å². The minimum atomic E-state index is -0.386. The van der Waals surface area contributed by atoms with Gasteiger partial charge in [0.25, 0.3) is 0 Å². The van der Waals surface area contributed by atoms with Crippen molar-refractivity contribution in [3.8, 4) is 5.75 Å². The van der Waals surface area contributed by atoms with Crippen LogP contribution in [-0.4, -0.2) is 18.5 Å². The maximum atomic E-state index is 11.5. The van der Waals surface area contributed by atoms with E-state index in [0.717, 1.165) is 18.4 Å². The van der Waals surface area contributed by atoms with Gasteiger partial charge in [0.15, 0.2) is 0 Å². The number of hydrogen-bond donors (Lipinski definition) is 0. The van der Waals surface area contributed by atoms with Crippen LogP contribution in [0.15, 0.2) is 30.3 Å². The standard InChI is InChI=1S/C15H16O4/c1-2-18-14(16)9-6-11-4-3-5-13(10-11)19-15(17)12-7-8-12/h3-6,9-10,12H,2,7-8H2,1H3. The van der Waals surface area contributed by atoms with Gasteiger partial charge in [0.1, 0.15) is 5.75 Å². The lowest BCUT2D eigenvalue weighted by Gasteiger charge is -2.03. The molecule has 4 nitrogen and oxygen atoms in total. The smallest absolute Gasteiger partial charge is 0.330 e. The Balaban J connectivity index is 1.98. The van der Waals surface area contributed by atoms with Crippen molar-refractivity contribution in [1.82, 2.24) is 0 Å². The third-order valence-corrected chi connectivity index (χ3v) is 2.69. The molecule has 1 fully saturated rings. The molecule has 0 bridgehead atoms. The van der Waals surface area contributed by atoms with Crippen LogP contribution in [0, 0.1) is 5.92 Å². The minimum Gasteiger partial charge on any atom is -0.463 e. The zero-order valence-corrected chi connectivity index (χ0v) is 10.8. The second-order valence-electron chi connectivity index (χ2n) is 4.35. The van der Waals surface area contributed by atoms with E-state index in [1.165, 1.54) is 6.08 Å². The molecule has 0 unspecified atom stereocenters. The quantitative estimate of drug-likeness (QED) is 0.464. The Morgan fingerprint density at radius 2 is 2.16 bits per heavy atom. The zero-order valence-electron chi connectivity index (χ0n) is 10.8. The molecule has 0 amide bonds. The largest absolute Gasteiger partial charge is 0.463 e. The number of rotatable bonds is 5. The Morgan fingerprint density at radius 3 is 2.84 bits per heavy atom. The molecule has 1 saturated carbocycles. The second kappa shape index (κ2) is 6.18. The van der Waals surface area contributed by atoms with E-state index >= 15 is 0 Å². The lowest BCUT2D eigenvalue weighted by Crippen LogP contribution is -2.09. The molecule has 0 aliphatic heterocycles. The highest BCUT2D eigenvalue weighted by molar-refractivity contribution is 5.87. The first-order valence-corrected chi connectivity index (χ1v) is 6.35. The van der Waals surface area contributed by atoms with Crippen molar-refractivity contribution in [2.45, 2.75) is 19.8 Å². The Hall–Kier alpha value is -2.10. The third kappa shape index (κ3) is 4.25. The number of esters is 2. The van der Waals surface area contributed by atoms with Crippen molar-refractivity contribution in [2.24, 2.45) is 5.92 Å². The summed E-state index contributed by atoms with van der Waals surface area (Å²) in [6.45, 7) is 2.10. The van der Waals surface area contributed by atoms with Crippen LogP contribution in [0.25, 0.3) is 6.08 Å². The van der Waals surface area contributed by atoms with Crippen molar-refractivity contribution < 1.29 is 19.1 Å². The summed E-state index contributed by atoms with van der Waals surface area (Å²) in [6, 6.07) is 7.04. The van der Waals surface area contributed by atoms with Gasteiger partial charge >= 0.3 is 11.9 Å². The van der Waals surface area contributed by atoms with Gasteiger partial charge in [-0.15, -0.1) is 0 Å². The van der Waals surface area contributed by atoms with E-state index in [-0.39, 0.29) is 17.9 Å². The summed E-state index contributed by atoms with van der Waals surface area (Å²) in [7, 11) is 0. The summed E-state index contributed by atoms with van der Waals surface area (Å²) < 4.78 is 10.0. The highest BCUT2D eigenvalue weighted by Gasteiger charge is 2.31. The van der Waals surface area contributed by atoms with E-state index in [4.69, 9.17) is 9.47 Å². The number of carbonyl (C=O) groups is 2. The fourth-order valence-electron chi connectivity index (χ4n) is 1.55. The molecular formula is C15H16O4. The minimum absolute atomic E-state index is 0.0683. The van der Waals surface area contributed by atoms with Crippen LogP contribution >= 0.6 is 0 Å². The fourth-order valence-corrected chi connectivity index (χ4v) is 1.55. The fraction of sp³-hybridized carbons (Fsp3) is 0.333. The van der Waals surface area contributed by atoms with Crippen LogP contribution < -0.4 is 4.74 Å². The molecule has 0 N–H and O–H groups in total. The van der Waals surface area contributed by atoms with E-state index in [1.54, 1.807) is 31.2 Å². The van der Waals surface area contributed by atoms with Gasteiger partial charge in [-0.1, -0.05) is 12.1 Å². The summed E-state index contributed by atoms with van der Waals surface area (Å²) in [6.07, 6.45) is 4.82. The topological polar surface area (TPSA) is 52.6 Å². The zero-order chi connectivity index (χ0) is 13.7. The molecule has 100 valence electrons. The van der Waals surface area contributed by atoms with Crippen molar-refractivity contribution in [3.63, 3.8) is 0 Å². The van der Waals surface area contributed by atoms with Crippen LogP contribution in [0.4, 0.5) is 0 Å². The molecule has 4 heteroatoms. The Bertz CT molecular complexity index is 501. The average molecular weight is 260 g/mol. The molecule has 0 atom stereocenters. The van der Waals surface area contributed by atoms with E-state index < -0.39 is 0 Å². The van der Waals surface area contributed by atoms with Crippen LogP contribution in [0.2, 0.25) is 0 Å². The summed E-state index contributed by atoms with van der Waals surface area (Å²) in [5.74, 6) is 0.0102. The molecule has 0 aromatic heterocycles. The molecule has 1 aliphatic rings. The molecule has 0 heterocycles. The van der Waals surface area contributed by atoms with Crippen LogP contribution in [-0.2, 0) is 14.3 Å². The first kappa shape index (κ1) is 13.3. The van der Waals surface area contributed by atoms with E-state index in [9.17, 15) is 9.59 Å². The van der Waals surface area contributed by atoms with Crippen molar-refractivity contribution >= 4 is 18.0 Å². The summed E-state index contributed by atoms with van der Waals surface area (Å²) in [5.41, 5.74) is 0.786. The highest BCUT2D eigenvalue weighted by atomic mass is 16.5. The number of benzene rings is 1. The van der Waals surface area contributed by atoms with Gasteiger partial charge in [-0.3, -0.25) is 4.79 Å². The van der Waals surface area contributed by atoms with E-state index in [0.29, 0.717) is 12.4 Å². The predicted molar refractivity (Wildman–Crippen MR) is 70.5 cm³/mol. The summed E-state index contributed by atoms with van der Waals surface area (Å²) >= 11 is 0. The summed E-state index contributed by atoms with van der Waals surface area (Å²) in [4.78, 5) is 22.7. The first-order valence-electron chi connectivity index (χ1n) is 6.35. The van der Waals surface area contributed by atoms with Crippen LogP contribution in [0.3, 0.4) is 0 Å². The summed E-state index contributed by atoms with van der Waals surface area (Å²) in [5, 5.41) is 0. The SMILES string of the molecule is CCOC(=O)C=Cc1cccc(OC(=O)C2CC2)c1. The monoisotopic (exact) mass is 260 g/mol. The first-order chi connectivity index (χ1) is 9.19. The molecule has 1 aromatic carbocycles. The van der Waals surface area contributed by atoms with Crippen molar-refractivity contribution in [2.75, 3.05) is 6.61 Å². The molecule has 0 spiro atoms. The highest BCUT2D eigenvalue weighted by Crippen LogP contribution is 2.30. The Morgan fingerprint density at radius 1 is 1.37 bits per heavy atom. The molecule has 0 saturated heterocycles. The van der Waals surface area contributed by atoms with Gasteiger partial charge in [-0.2, -0.15) is 0 Å². The maximum Gasteiger partial charge on any atom is 0.330 e. The lowest BCUT2D eigenvalue weighted by molar-refractivity contribution is -0.137. The Kier molecular flexibility index (Phi) is 4.34. The predicted octanol–water partition coefficient (Wildman–Crippen LogP) is 2.58. The van der Waals surface area contributed by atoms with E-state index in [1.807, 2.05) is 6.07 Å².